The van der Waals surface area contributed by atoms with Crippen molar-refractivity contribution >= 4 is 50.7 Å². The number of amides is 1. The molecule has 0 aliphatic heterocycles. The fraction of sp³-hybridized carbons (Fsp3) is 0.174. The Hall–Kier alpha value is -2.81. The molecule has 0 aliphatic carbocycles. The molecular weight excluding hydrogens is 529 g/mol. The first-order chi connectivity index (χ1) is 15.8. The molecule has 0 bridgehead atoms. The van der Waals surface area contributed by atoms with Crippen LogP contribution in [0.25, 0.3) is 0 Å². The van der Waals surface area contributed by atoms with Gasteiger partial charge in [-0.2, -0.15) is 10.2 Å². The molecule has 2 aromatic carbocycles. The van der Waals surface area contributed by atoms with E-state index in [2.05, 4.69) is 31.4 Å². The molecule has 10 heteroatoms. The lowest BCUT2D eigenvalue weighted by atomic mass is 10.2. The molecule has 7 nitrogen and oxygen atoms in total. The first-order valence-corrected chi connectivity index (χ1v) is 11.6. The second-order valence-electron chi connectivity index (χ2n) is 7.38. The van der Waals surface area contributed by atoms with Gasteiger partial charge in [0.15, 0.2) is 12.4 Å². The zero-order valence-corrected chi connectivity index (χ0v) is 20.9. The number of benzene rings is 2. The van der Waals surface area contributed by atoms with Crippen LogP contribution < -0.4 is 10.1 Å². The summed E-state index contributed by atoms with van der Waals surface area (Å²) in [5.74, 6) is 0.198. The number of carbonyl (C=O) groups excluding carboxylic acids is 1. The van der Waals surface area contributed by atoms with Gasteiger partial charge in [0, 0.05) is 15.7 Å². The highest BCUT2D eigenvalue weighted by Crippen LogP contribution is 2.28. The van der Waals surface area contributed by atoms with Gasteiger partial charge >= 0.3 is 0 Å². The molecule has 1 amide bonds. The van der Waals surface area contributed by atoms with Crippen molar-refractivity contribution in [3.8, 4) is 5.75 Å². The van der Waals surface area contributed by atoms with E-state index in [0.717, 1.165) is 21.4 Å². The molecule has 170 valence electrons. The highest BCUT2D eigenvalue weighted by molar-refractivity contribution is 9.10. The predicted octanol–water partition coefficient (Wildman–Crippen LogP) is 6.10. The van der Waals surface area contributed by atoms with Gasteiger partial charge in [0.25, 0.3) is 5.91 Å². The van der Waals surface area contributed by atoms with Gasteiger partial charge in [0.1, 0.15) is 5.75 Å². The Labute approximate surface area is 209 Å². The Morgan fingerprint density at radius 3 is 2.70 bits per heavy atom. The van der Waals surface area contributed by atoms with E-state index in [4.69, 9.17) is 27.9 Å². The van der Waals surface area contributed by atoms with E-state index in [1.165, 1.54) is 4.68 Å². The van der Waals surface area contributed by atoms with Crippen LogP contribution >= 0.6 is 39.1 Å². The molecule has 0 unspecified atom stereocenters. The van der Waals surface area contributed by atoms with Gasteiger partial charge in [-0.25, -0.2) is 4.68 Å². The van der Waals surface area contributed by atoms with Crippen LogP contribution in [-0.4, -0.2) is 25.5 Å². The van der Waals surface area contributed by atoms with Crippen LogP contribution in [0.3, 0.4) is 0 Å². The maximum absolute atomic E-state index is 12.8. The van der Waals surface area contributed by atoms with Gasteiger partial charge < -0.3 is 10.1 Å². The summed E-state index contributed by atoms with van der Waals surface area (Å²) >= 11 is 15.6. The van der Waals surface area contributed by atoms with Crippen LogP contribution in [-0.2, 0) is 13.3 Å². The number of halogens is 3. The zero-order valence-electron chi connectivity index (χ0n) is 17.8. The summed E-state index contributed by atoms with van der Waals surface area (Å²) in [5.41, 5.74) is 3.51. The molecule has 0 saturated carbocycles. The minimum absolute atomic E-state index is 0.115. The number of nitrogens with zero attached hydrogens (tertiary/aromatic N) is 4. The van der Waals surface area contributed by atoms with Crippen molar-refractivity contribution in [2.24, 2.45) is 0 Å². The van der Waals surface area contributed by atoms with Crippen molar-refractivity contribution in [1.29, 1.82) is 0 Å². The Bertz CT molecular complexity index is 1320. The largest absolute Gasteiger partial charge is 0.470 e. The Morgan fingerprint density at radius 1 is 1.12 bits per heavy atom. The fourth-order valence-electron chi connectivity index (χ4n) is 3.30. The topological polar surface area (TPSA) is 74.0 Å². The number of aryl methyl sites for hydroxylation is 1. The van der Waals surface area contributed by atoms with Crippen LogP contribution in [0.4, 0.5) is 5.69 Å². The van der Waals surface area contributed by atoms with E-state index >= 15 is 0 Å². The summed E-state index contributed by atoms with van der Waals surface area (Å²) in [5, 5.41) is 12.9. The van der Waals surface area contributed by atoms with E-state index in [1.54, 1.807) is 24.4 Å². The van der Waals surface area contributed by atoms with E-state index in [1.807, 2.05) is 48.9 Å². The Kier molecular flexibility index (Phi) is 7.07. The quantitative estimate of drug-likeness (QED) is 0.302. The van der Waals surface area contributed by atoms with Crippen molar-refractivity contribution in [3.63, 3.8) is 0 Å². The highest BCUT2D eigenvalue weighted by Gasteiger charge is 2.17. The van der Waals surface area contributed by atoms with Gasteiger partial charge in [-0.05, 0) is 55.8 Å². The van der Waals surface area contributed by atoms with Crippen molar-refractivity contribution in [3.05, 3.63) is 91.9 Å². The third-order valence-electron chi connectivity index (χ3n) is 4.96. The highest BCUT2D eigenvalue weighted by atomic mass is 79.9. The minimum Gasteiger partial charge on any atom is -0.470 e. The molecule has 0 radical (unpaired) electrons. The molecule has 2 aromatic heterocycles. The number of hydrogen-bond donors (Lipinski definition) is 1. The van der Waals surface area contributed by atoms with Gasteiger partial charge in [0.2, 0.25) is 0 Å². The average molecular weight is 549 g/mol. The Balaban J connectivity index is 1.42. The smallest absolute Gasteiger partial charge is 0.276 e. The van der Waals surface area contributed by atoms with Crippen molar-refractivity contribution in [2.75, 3.05) is 5.32 Å². The number of rotatable bonds is 7. The molecule has 2 heterocycles. The van der Waals surface area contributed by atoms with E-state index in [-0.39, 0.29) is 18.3 Å². The molecule has 4 aromatic rings. The molecular formula is C23H20BrCl2N5O2. The normalized spacial score (nSPS) is 10.9. The zero-order chi connectivity index (χ0) is 23.5. The van der Waals surface area contributed by atoms with Gasteiger partial charge in [0.05, 0.1) is 28.6 Å². The lowest BCUT2D eigenvalue weighted by Gasteiger charge is -2.08. The van der Waals surface area contributed by atoms with Crippen LogP contribution in [0.15, 0.2) is 59.2 Å². The van der Waals surface area contributed by atoms with E-state index in [0.29, 0.717) is 28.0 Å². The molecule has 0 fully saturated rings. The van der Waals surface area contributed by atoms with Crippen molar-refractivity contribution < 1.29 is 9.53 Å². The number of hydrogen-bond acceptors (Lipinski definition) is 4. The maximum atomic E-state index is 12.8. The number of nitrogens with one attached hydrogen (secondary N) is 1. The van der Waals surface area contributed by atoms with Gasteiger partial charge in [-0.3, -0.25) is 9.48 Å². The SMILES string of the molecule is Cc1nn(Cc2cccc(Cl)c2)c(C)c1NC(=O)c1ccn(COc2ccc(Br)cc2Cl)n1. The van der Waals surface area contributed by atoms with Crippen LogP contribution in [0, 0.1) is 13.8 Å². The molecule has 4 rings (SSSR count). The molecule has 0 saturated heterocycles. The van der Waals surface area contributed by atoms with Gasteiger partial charge in [-0.1, -0.05) is 51.3 Å². The maximum Gasteiger partial charge on any atom is 0.276 e. The summed E-state index contributed by atoms with van der Waals surface area (Å²) < 4.78 is 9.91. The summed E-state index contributed by atoms with van der Waals surface area (Å²) in [6.07, 6.45) is 1.67. The predicted molar refractivity (Wildman–Crippen MR) is 132 cm³/mol. The molecule has 0 aliphatic rings. The standard InChI is InChI=1S/C23H20BrCl2N5O2/c1-14-22(15(2)31(28-14)12-16-4-3-5-18(25)10-16)27-23(32)20-8-9-30(29-20)13-33-21-7-6-17(24)11-19(21)26/h3-11H,12-13H2,1-2H3,(H,27,32). The number of ether oxygens (including phenoxy) is 1. The number of aromatic nitrogens is 4. The number of anilines is 1. The third kappa shape index (κ3) is 5.58. The fourth-order valence-corrected chi connectivity index (χ4v) is 4.24. The minimum atomic E-state index is -0.330. The van der Waals surface area contributed by atoms with Crippen molar-refractivity contribution in [1.82, 2.24) is 19.6 Å². The second kappa shape index (κ2) is 9.99. The van der Waals surface area contributed by atoms with E-state index in [9.17, 15) is 4.79 Å². The summed E-state index contributed by atoms with van der Waals surface area (Å²) in [6.45, 7) is 4.43. The second-order valence-corrected chi connectivity index (χ2v) is 9.14. The van der Waals surface area contributed by atoms with Crippen molar-refractivity contribution in [2.45, 2.75) is 27.1 Å². The van der Waals surface area contributed by atoms with Crippen LogP contribution in [0.1, 0.15) is 27.4 Å². The lowest BCUT2D eigenvalue weighted by molar-refractivity contribution is 0.102. The van der Waals surface area contributed by atoms with E-state index < -0.39 is 0 Å². The number of carbonyl (C=O) groups is 1. The van der Waals surface area contributed by atoms with Gasteiger partial charge in [-0.15, -0.1) is 0 Å². The Morgan fingerprint density at radius 2 is 1.94 bits per heavy atom. The monoisotopic (exact) mass is 547 g/mol. The first-order valence-electron chi connectivity index (χ1n) is 10.0. The van der Waals surface area contributed by atoms with Crippen LogP contribution in [0.5, 0.6) is 5.75 Å². The third-order valence-corrected chi connectivity index (χ3v) is 5.98. The molecule has 1 N–H and O–H groups in total. The van der Waals surface area contributed by atoms with Crippen LogP contribution in [0.2, 0.25) is 10.0 Å². The summed E-state index contributed by atoms with van der Waals surface area (Å²) in [4.78, 5) is 12.8. The molecule has 0 spiro atoms. The summed E-state index contributed by atoms with van der Waals surface area (Å²) in [6, 6.07) is 14.6. The average Bonchev–Trinajstić information content (AvgIpc) is 3.34. The summed E-state index contributed by atoms with van der Waals surface area (Å²) in [7, 11) is 0. The lowest BCUT2D eigenvalue weighted by Crippen LogP contribution is -2.15. The first kappa shape index (κ1) is 23.4. The molecule has 33 heavy (non-hydrogen) atoms. The molecule has 0 atom stereocenters.